The van der Waals surface area contributed by atoms with E-state index in [9.17, 15) is 5.11 Å². The van der Waals surface area contributed by atoms with Crippen LogP contribution in [0.5, 0.6) is 5.75 Å². The summed E-state index contributed by atoms with van der Waals surface area (Å²) in [6.07, 6.45) is 2.45. The number of nitrogens with two attached hydrogens (primary N) is 1. The van der Waals surface area contributed by atoms with Crippen molar-refractivity contribution in [1.82, 2.24) is 10.3 Å². The molecule has 0 aliphatic heterocycles. The molecule has 4 heteroatoms. The highest BCUT2D eigenvalue weighted by Crippen LogP contribution is 2.21. The molecule has 70 valence electrons. The molecule has 1 saturated carbocycles. The normalized spacial score (nSPS) is 16.0. The lowest BCUT2D eigenvalue weighted by Gasteiger charge is -2.05. The molecule has 0 atom stereocenters. The summed E-state index contributed by atoms with van der Waals surface area (Å²) in [7, 11) is 0. The third-order valence-electron chi connectivity index (χ3n) is 2.11. The fourth-order valence-corrected chi connectivity index (χ4v) is 1.17. The van der Waals surface area contributed by atoms with Crippen LogP contribution in [0.15, 0.2) is 12.1 Å². The first-order chi connectivity index (χ1) is 6.25. The number of nitrogens with one attached hydrogen (secondary N) is 1. The number of anilines is 1. The van der Waals surface area contributed by atoms with Gasteiger partial charge in [0.2, 0.25) is 0 Å². The Morgan fingerprint density at radius 3 is 3.00 bits per heavy atom. The molecule has 1 fully saturated rings. The van der Waals surface area contributed by atoms with Crippen LogP contribution in [-0.4, -0.2) is 16.1 Å². The van der Waals surface area contributed by atoms with Crippen LogP contribution < -0.4 is 11.1 Å². The summed E-state index contributed by atoms with van der Waals surface area (Å²) in [4.78, 5) is 4.04. The molecule has 1 heterocycles. The molecule has 0 amide bonds. The quantitative estimate of drug-likeness (QED) is 0.636. The maximum atomic E-state index is 9.41. The van der Waals surface area contributed by atoms with Crippen LogP contribution in [0, 0.1) is 0 Å². The maximum absolute atomic E-state index is 9.41. The minimum absolute atomic E-state index is 0.211. The lowest BCUT2D eigenvalue weighted by molar-refractivity contribution is 0.459. The molecule has 0 saturated heterocycles. The first-order valence-corrected chi connectivity index (χ1v) is 4.43. The van der Waals surface area contributed by atoms with Crippen molar-refractivity contribution >= 4 is 5.82 Å². The van der Waals surface area contributed by atoms with E-state index in [-0.39, 0.29) is 5.75 Å². The summed E-state index contributed by atoms with van der Waals surface area (Å²) in [6.45, 7) is 0.599. The molecule has 2 rings (SSSR count). The Balaban J connectivity index is 2.03. The number of aromatic hydroxyl groups is 1. The Morgan fingerprint density at radius 1 is 1.54 bits per heavy atom. The monoisotopic (exact) mass is 179 g/mol. The molecule has 0 bridgehead atoms. The highest BCUT2D eigenvalue weighted by atomic mass is 16.3. The standard InChI is InChI=1S/C9H13N3O/c10-9-4-3-8(13)7(12-9)5-11-6-1-2-6/h3-4,6,11,13H,1-2,5H2,(H2,10,12). The third kappa shape index (κ3) is 2.09. The molecular formula is C9H13N3O. The molecule has 1 aliphatic carbocycles. The number of nitrogens with zero attached hydrogens (tertiary/aromatic N) is 1. The van der Waals surface area contributed by atoms with Crippen molar-refractivity contribution < 1.29 is 5.11 Å². The zero-order chi connectivity index (χ0) is 9.26. The number of hydrogen-bond donors (Lipinski definition) is 3. The van der Waals surface area contributed by atoms with Gasteiger partial charge in [-0.25, -0.2) is 4.98 Å². The van der Waals surface area contributed by atoms with E-state index in [1.807, 2.05) is 0 Å². The average molecular weight is 179 g/mol. The Kier molecular flexibility index (Phi) is 2.06. The smallest absolute Gasteiger partial charge is 0.138 e. The predicted molar refractivity (Wildman–Crippen MR) is 50.2 cm³/mol. The van der Waals surface area contributed by atoms with Gasteiger partial charge < -0.3 is 16.2 Å². The van der Waals surface area contributed by atoms with Gasteiger partial charge in [0.1, 0.15) is 11.6 Å². The van der Waals surface area contributed by atoms with Gasteiger partial charge in [-0.05, 0) is 25.0 Å². The highest BCUT2D eigenvalue weighted by Gasteiger charge is 2.20. The number of pyridine rings is 1. The highest BCUT2D eigenvalue weighted by molar-refractivity contribution is 5.37. The van der Waals surface area contributed by atoms with Crippen LogP contribution in [0.25, 0.3) is 0 Å². The van der Waals surface area contributed by atoms with Gasteiger partial charge in [0.25, 0.3) is 0 Å². The fraction of sp³-hybridized carbons (Fsp3) is 0.444. The zero-order valence-corrected chi connectivity index (χ0v) is 7.33. The number of rotatable bonds is 3. The van der Waals surface area contributed by atoms with Crippen LogP contribution in [0.4, 0.5) is 5.82 Å². The zero-order valence-electron chi connectivity index (χ0n) is 7.33. The molecule has 0 radical (unpaired) electrons. The van der Waals surface area contributed by atoms with Gasteiger partial charge in [-0.3, -0.25) is 0 Å². The molecule has 1 aromatic heterocycles. The summed E-state index contributed by atoms with van der Waals surface area (Å²) in [5, 5.41) is 12.7. The number of aromatic nitrogens is 1. The third-order valence-corrected chi connectivity index (χ3v) is 2.11. The minimum atomic E-state index is 0.211. The first kappa shape index (κ1) is 8.31. The van der Waals surface area contributed by atoms with Gasteiger partial charge in [-0.1, -0.05) is 0 Å². The van der Waals surface area contributed by atoms with Crippen LogP contribution in [-0.2, 0) is 6.54 Å². The Labute approximate surface area is 76.8 Å². The van der Waals surface area contributed by atoms with E-state index in [4.69, 9.17) is 5.73 Å². The van der Waals surface area contributed by atoms with Crippen molar-refractivity contribution in [1.29, 1.82) is 0 Å². The molecule has 0 spiro atoms. The first-order valence-electron chi connectivity index (χ1n) is 4.43. The fourth-order valence-electron chi connectivity index (χ4n) is 1.17. The summed E-state index contributed by atoms with van der Waals surface area (Å²) in [5.74, 6) is 0.660. The second-order valence-corrected chi connectivity index (χ2v) is 3.36. The summed E-state index contributed by atoms with van der Waals surface area (Å²) < 4.78 is 0. The summed E-state index contributed by atoms with van der Waals surface area (Å²) in [6, 6.07) is 3.78. The molecule has 1 aliphatic rings. The van der Waals surface area contributed by atoms with E-state index in [1.54, 1.807) is 12.1 Å². The second-order valence-electron chi connectivity index (χ2n) is 3.36. The Bertz CT molecular complexity index is 310. The van der Waals surface area contributed by atoms with Crippen molar-refractivity contribution in [2.45, 2.75) is 25.4 Å². The average Bonchev–Trinajstić information content (AvgIpc) is 2.90. The molecule has 1 aromatic rings. The van der Waals surface area contributed by atoms with Crippen LogP contribution in [0.2, 0.25) is 0 Å². The summed E-state index contributed by atoms with van der Waals surface area (Å²) >= 11 is 0. The second kappa shape index (κ2) is 3.22. The molecular weight excluding hydrogens is 166 g/mol. The van der Waals surface area contributed by atoms with Gasteiger partial charge in [0.05, 0.1) is 5.69 Å². The van der Waals surface area contributed by atoms with Crippen LogP contribution in [0.3, 0.4) is 0 Å². The SMILES string of the molecule is Nc1ccc(O)c(CNC2CC2)n1. The largest absolute Gasteiger partial charge is 0.506 e. The number of nitrogen functional groups attached to an aromatic ring is 1. The molecule has 4 N–H and O–H groups in total. The van der Waals surface area contributed by atoms with Crippen molar-refractivity contribution in [3.05, 3.63) is 17.8 Å². The van der Waals surface area contributed by atoms with Crippen molar-refractivity contribution in [2.75, 3.05) is 5.73 Å². The van der Waals surface area contributed by atoms with E-state index in [1.165, 1.54) is 12.8 Å². The van der Waals surface area contributed by atoms with Gasteiger partial charge in [0, 0.05) is 12.6 Å². The van der Waals surface area contributed by atoms with E-state index >= 15 is 0 Å². The van der Waals surface area contributed by atoms with Crippen molar-refractivity contribution in [2.24, 2.45) is 0 Å². The van der Waals surface area contributed by atoms with Gasteiger partial charge in [-0.15, -0.1) is 0 Å². The lowest BCUT2D eigenvalue weighted by Crippen LogP contribution is -2.16. The number of hydrogen-bond acceptors (Lipinski definition) is 4. The molecule has 13 heavy (non-hydrogen) atoms. The van der Waals surface area contributed by atoms with Crippen molar-refractivity contribution in [3.63, 3.8) is 0 Å². The Hall–Kier alpha value is -1.29. The van der Waals surface area contributed by atoms with Crippen LogP contribution in [0.1, 0.15) is 18.5 Å². The topological polar surface area (TPSA) is 71.2 Å². The van der Waals surface area contributed by atoms with E-state index in [2.05, 4.69) is 10.3 Å². The van der Waals surface area contributed by atoms with E-state index < -0.39 is 0 Å². The van der Waals surface area contributed by atoms with Crippen molar-refractivity contribution in [3.8, 4) is 5.75 Å². The molecule has 0 unspecified atom stereocenters. The Morgan fingerprint density at radius 2 is 2.31 bits per heavy atom. The molecule has 4 nitrogen and oxygen atoms in total. The predicted octanol–water partition coefficient (Wildman–Crippen LogP) is 0.621. The molecule has 0 aromatic carbocycles. The van der Waals surface area contributed by atoms with Gasteiger partial charge in [-0.2, -0.15) is 0 Å². The van der Waals surface area contributed by atoms with Crippen LogP contribution >= 0.6 is 0 Å². The van der Waals surface area contributed by atoms with E-state index in [0.717, 1.165) is 0 Å². The van der Waals surface area contributed by atoms with Gasteiger partial charge in [0.15, 0.2) is 0 Å². The summed E-state index contributed by atoms with van der Waals surface area (Å²) in [5.41, 5.74) is 6.13. The van der Waals surface area contributed by atoms with E-state index in [0.29, 0.717) is 24.1 Å². The minimum Gasteiger partial charge on any atom is -0.506 e. The lowest BCUT2D eigenvalue weighted by atomic mass is 10.3. The maximum Gasteiger partial charge on any atom is 0.138 e. The van der Waals surface area contributed by atoms with Gasteiger partial charge >= 0.3 is 0 Å².